The molecule has 2 heterocycles. The fourth-order valence-corrected chi connectivity index (χ4v) is 5.08. The summed E-state index contributed by atoms with van der Waals surface area (Å²) in [6.07, 6.45) is 11.8. The van der Waals surface area contributed by atoms with E-state index < -0.39 is 0 Å². The molecule has 4 rings (SSSR count). The Hall–Kier alpha value is -3.85. The number of nitrogens with zero attached hydrogens (tertiary/aromatic N) is 6. The number of hydrogen-bond acceptors (Lipinski definition) is 5. The van der Waals surface area contributed by atoms with E-state index in [4.69, 9.17) is 0 Å². The number of unbranched alkanes of at least 4 members (excludes halogenated alkanes) is 2. The second kappa shape index (κ2) is 13.3. The molecule has 0 fully saturated rings. The van der Waals surface area contributed by atoms with Crippen molar-refractivity contribution in [2.45, 2.75) is 62.4 Å². The van der Waals surface area contributed by atoms with Crippen LogP contribution < -0.4 is 19.3 Å². The molecule has 0 bridgehead atoms. The molecule has 0 saturated heterocycles. The van der Waals surface area contributed by atoms with Gasteiger partial charge in [0.25, 0.3) is 11.6 Å². The van der Waals surface area contributed by atoms with Crippen LogP contribution >= 0.6 is 11.8 Å². The van der Waals surface area contributed by atoms with Gasteiger partial charge in [-0.05, 0) is 61.4 Å². The maximum absolute atomic E-state index is 12.9. The highest BCUT2D eigenvalue weighted by Gasteiger charge is 2.15. The third kappa shape index (κ3) is 7.17. The Bertz CT molecular complexity index is 1330. The number of imidazole rings is 2. The summed E-state index contributed by atoms with van der Waals surface area (Å²) in [6, 6.07) is 15.3. The maximum atomic E-state index is 12.9. The molecule has 0 atom stereocenters. The first-order chi connectivity index (χ1) is 18.9. The second-order valence-corrected chi connectivity index (χ2v) is 10.6. The molecule has 0 amide bonds. The van der Waals surface area contributed by atoms with E-state index in [0.29, 0.717) is 23.0 Å². The number of benzene rings is 2. The summed E-state index contributed by atoms with van der Waals surface area (Å²) in [6.45, 7) is 5.87. The van der Waals surface area contributed by atoms with Crippen LogP contribution in [0.3, 0.4) is 0 Å². The van der Waals surface area contributed by atoms with Crippen LogP contribution in [0.4, 0.5) is 11.4 Å². The lowest BCUT2D eigenvalue weighted by Gasteiger charge is -2.10. The molecule has 9 heteroatoms. The average Bonchev–Trinajstić information content (AvgIpc) is 3.49. The highest BCUT2D eigenvalue weighted by Crippen LogP contribution is 2.30. The number of hydrogen-bond donors (Lipinski definition) is 0. The zero-order chi connectivity index (χ0) is 27.8. The van der Waals surface area contributed by atoms with E-state index in [9.17, 15) is 10.2 Å². The van der Waals surface area contributed by atoms with E-state index in [2.05, 4.69) is 23.8 Å². The summed E-state index contributed by atoms with van der Waals surface area (Å²) in [5.74, 6) is 0.654. The second-order valence-electron chi connectivity index (χ2n) is 9.48. The summed E-state index contributed by atoms with van der Waals surface area (Å²) in [5.41, 5.74) is 1.24. The maximum Gasteiger partial charge on any atom is 0.292 e. The Morgan fingerprint density at radius 2 is 1.08 bits per heavy atom. The van der Waals surface area contributed by atoms with Crippen molar-refractivity contribution in [3.05, 3.63) is 85.0 Å². The van der Waals surface area contributed by atoms with Crippen molar-refractivity contribution < 1.29 is 19.3 Å². The zero-order valence-corrected chi connectivity index (χ0v) is 23.9. The fraction of sp³-hybridized carbons (Fsp3) is 0.333. The van der Waals surface area contributed by atoms with Crippen LogP contribution in [0.25, 0.3) is 0 Å². The van der Waals surface area contributed by atoms with E-state index in [1.807, 2.05) is 106 Å². The molecule has 2 aromatic carbocycles. The van der Waals surface area contributed by atoms with E-state index in [1.165, 1.54) is 0 Å². The highest BCUT2D eigenvalue weighted by molar-refractivity contribution is 7.99. The zero-order valence-electron chi connectivity index (χ0n) is 23.1. The van der Waals surface area contributed by atoms with Crippen LogP contribution in [-0.4, -0.2) is 20.9 Å². The normalized spacial score (nSPS) is 12.3. The van der Waals surface area contributed by atoms with Gasteiger partial charge in [-0.2, -0.15) is 0 Å². The monoisotopic (exact) mass is 544 g/mol. The van der Waals surface area contributed by atoms with Gasteiger partial charge >= 0.3 is 0 Å². The molecule has 0 aliphatic heterocycles. The van der Waals surface area contributed by atoms with Crippen molar-refractivity contribution in [2.24, 2.45) is 24.1 Å². The summed E-state index contributed by atoms with van der Waals surface area (Å²) in [7, 11) is 3.73. The van der Waals surface area contributed by atoms with Crippen molar-refractivity contribution in [2.75, 3.05) is 0 Å². The lowest BCUT2D eigenvalue weighted by atomic mass is 10.3. The van der Waals surface area contributed by atoms with Crippen LogP contribution in [0.2, 0.25) is 0 Å². The lowest BCUT2D eigenvalue weighted by molar-refractivity contribution is -0.674. The van der Waals surface area contributed by atoms with Gasteiger partial charge in [-0.1, -0.05) is 38.5 Å². The number of aliphatic imine (C=N–C) groups is 2. The Balaban J connectivity index is 1.42. The van der Waals surface area contributed by atoms with Crippen molar-refractivity contribution in [1.82, 2.24) is 9.13 Å². The predicted octanol–water partition coefficient (Wildman–Crippen LogP) is 3.57. The molecule has 0 aliphatic rings. The minimum absolute atomic E-state index is 0.251. The van der Waals surface area contributed by atoms with Gasteiger partial charge in [0.2, 0.25) is 0 Å². The summed E-state index contributed by atoms with van der Waals surface area (Å²) < 4.78 is 7.57. The van der Waals surface area contributed by atoms with Gasteiger partial charge in [-0.25, -0.2) is 18.3 Å². The van der Waals surface area contributed by atoms with Crippen LogP contribution in [0.5, 0.6) is 0 Å². The van der Waals surface area contributed by atoms with E-state index >= 15 is 0 Å². The average molecular weight is 545 g/mol. The Morgan fingerprint density at radius 1 is 0.692 bits per heavy atom. The van der Waals surface area contributed by atoms with Crippen LogP contribution in [0, 0.1) is 0 Å². The third-order valence-corrected chi connectivity index (χ3v) is 7.43. The molecule has 0 unspecified atom stereocenters. The topological polar surface area (TPSA) is 88.5 Å². The summed E-state index contributed by atoms with van der Waals surface area (Å²) in [4.78, 5) is 10.7. The summed E-state index contributed by atoms with van der Waals surface area (Å²) >= 11 is 1.60. The molecule has 204 valence electrons. The van der Waals surface area contributed by atoms with Crippen LogP contribution in [0.15, 0.2) is 93.1 Å². The Morgan fingerprint density at radius 3 is 1.44 bits per heavy atom. The Labute approximate surface area is 234 Å². The molecule has 0 N–H and O–H groups in total. The number of rotatable bonds is 12. The van der Waals surface area contributed by atoms with E-state index in [1.54, 1.807) is 11.8 Å². The van der Waals surface area contributed by atoms with Crippen LogP contribution in [-0.2, 0) is 27.2 Å². The fourth-order valence-electron chi connectivity index (χ4n) is 4.26. The van der Waals surface area contributed by atoms with E-state index in [-0.39, 0.29) is 11.8 Å². The molecule has 0 saturated carbocycles. The lowest BCUT2D eigenvalue weighted by Crippen LogP contribution is -2.40. The standard InChI is InChI=1S/C30H36N6O2S/c1-5-7-17-35-21-19-33(3)29(35)27(37)31-23-9-13-25(14-10-23)39-26-15-11-24(12-16-26)32-28(38)30-34(4)20-22-36(30)18-8-6-2/h9-16,19-22H,5-8,17-18H2,1-4H3. The summed E-state index contributed by atoms with van der Waals surface area (Å²) in [5, 5.41) is 25.7. The molecular weight excluding hydrogens is 508 g/mol. The number of aryl methyl sites for hydroxylation is 4. The molecule has 4 aromatic rings. The first-order valence-corrected chi connectivity index (χ1v) is 14.2. The van der Waals surface area contributed by atoms with Gasteiger partial charge in [0.15, 0.2) is 0 Å². The molecule has 39 heavy (non-hydrogen) atoms. The molecule has 0 aliphatic carbocycles. The van der Waals surface area contributed by atoms with Gasteiger partial charge in [-0.3, -0.25) is 9.98 Å². The molecule has 0 radical (unpaired) electrons. The third-order valence-electron chi connectivity index (χ3n) is 6.41. The van der Waals surface area contributed by atoms with Gasteiger partial charge in [0.05, 0.1) is 50.4 Å². The van der Waals surface area contributed by atoms with Crippen LogP contribution in [0.1, 0.15) is 51.2 Å². The largest absolute Gasteiger partial charge is 0.853 e. The smallest absolute Gasteiger partial charge is 0.292 e. The van der Waals surface area contributed by atoms with Gasteiger partial charge in [0, 0.05) is 9.79 Å². The van der Waals surface area contributed by atoms with Gasteiger partial charge in [-0.15, -0.1) is 0 Å². The van der Waals surface area contributed by atoms with Crippen molar-refractivity contribution >= 4 is 34.9 Å². The quantitative estimate of drug-likeness (QED) is 0.155. The predicted molar refractivity (Wildman–Crippen MR) is 150 cm³/mol. The van der Waals surface area contributed by atoms with Crippen molar-refractivity contribution in [3.8, 4) is 0 Å². The molecule has 0 spiro atoms. The van der Waals surface area contributed by atoms with Crippen molar-refractivity contribution in [3.63, 3.8) is 0 Å². The van der Waals surface area contributed by atoms with Gasteiger partial charge in [0.1, 0.15) is 24.8 Å². The first kappa shape index (κ1) is 28.2. The van der Waals surface area contributed by atoms with Crippen molar-refractivity contribution in [1.29, 1.82) is 0 Å². The SMILES string of the molecule is CCCCn1cc[n+](C)c1C([O-])=Nc1ccc(Sc2ccc(N=C([O-])c3n(CCCC)cc[n+]3C)cc2)cc1. The Kier molecular flexibility index (Phi) is 9.59. The minimum atomic E-state index is -0.251. The number of aromatic nitrogens is 4. The molecule has 8 nitrogen and oxygen atoms in total. The van der Waals surface area contributed by atoms with E-state index in [0.717, 1.165) is 48.6 Å². The molecular formula is C30H36N6O2S. The minimum Gasteiger partial charge on any atom is -0.853 e. The first-order valence-electron chi connectivity index (χ1n) is 13.4. The molecule has 2 aromatic heterocycles. The highest BCUT2D eigenvalue weighted by atomic mass is 32.2. The van der Waals surface area contributed by atoms with Gasteiger partial charge < -0.3 is 10.2 Å².